The van der Waals surface area contributed by atoms with Gasteiger partial charge in [0.25, 0.3) is 0 Å². The van der Waals surface area contributed by atoms with Gasteiger partial charge in [-0.2, -0.15) is 0 Å². The molecule has 2 aromatic carbocycles. The molecular weight excluding hydrogens is 322 g/mol. The number of rotatable bonds is 7. The van der Waals surface area contributed by atoms with Crippen molar-refractivity contribution in [1.82, 2.24) is 5.32 Å². The summed E-state index contributed by atoms with van der Waals surface area (Å²) in [4.78, 5) is 5.60. The Bertz CT molecular complexity index is 687. The average Bonchev–Trinajstić information content (AvgIpc) is 2.64. The third-order valence-electron chi connectivity index (χ3n) is 3.51. The van der Waals surface area contributed by atoms with Crippen LogP contribution in [0.3, 0.4) is 0 Å². The molecule has 0 heterocycles. The van der Waals surface area contributed by atoms with E-state index in [0.717, 1.165) is 11.1 Å². The van der Waals surface area contributed by atoms with Crippen molar-refractivity contribution in [3.8, 4) is 11.5 Å². The second-order valence-corrected chi connectivity index (χ2v) is 5.97. The molecule has 0 bridgehead atoms. The van der Waals surface area contributed by atoms with Crippen molar-refractivity contribution in [1.29, 1.82) is 0 Å². The van der Waals surface area contributed by atoms with Gasteiger partial charge in [0, 0.05) is 11.4 Å². The number of benzene rings is 2. The van der Waals surface area contributed by atoms with Crippen LogP contribution in [0.4, 0.5) is 0 Å². The first-order valence-corrected chi connectivity index (χ1v) is 8.76. The summed E-state index contributed by atoms with van der Waals surface area (Å²) in [5, 5.41) is 3.12. The van der Waals surface area contributed by atoms with E-state index in [1.54, 1.807) is 26.0 Å². The monoisotopic (exact) mass is 345 g/mol. The van der Waals surface area contributed by atoms with Crippen LogP contribution in [0.2, 0.25) is 0 Å². The Morgan fingerprint density at radius 2 is 1.71 bits per heavy atom. The molecule has 2 rings (SSSR count). The molecule has 6 heteroatoms. The maximum Gasteiger partial charge on any atom is 0.189 e. The van der Waals surface area contributed by atoms with Crippen molar-refractivity contribution < 1.29 is 9.47 Å². The summed E-state index contributed by atoms with van der Waals surface area (Å²) in [5.41, 5.74) is 8.10. The molecule has 0 saturated heterocycles. The molecule has 0 aliphatic carbocycles. The maximum absolute atomic E-state index is 5.93. The first-order valence-electron chi connectivity index (χ1n) is 7.54. The average molecular weight is 345 g/mol. The summed E-state index contributed by atoms with van der Waals surface area (Å²) in [5.74, 6) is 1.80. The first kappa shape index (κ1) is 18.0. The summed E-state index contributed by atoms with van der Waals surface area (Å²) in [6, 6.07) is 14.1. The molecule has 0 aliphatic heterocycles. The van der Waals surface area contributed by atoms with Crippen LogP contribution in [0.25, 0.3) is 0 Å². The Hall–Kier alpha value is -2.34. The smallest absolute Gasteiger partial charge is 0.189 e. The molecule has 128 valence electrons. The minimum absolute atomic E-state index is 0.415. The quantitative estimate of drug-likeness (QED) is 0.459. The van der Waals surface area contributed by atoms with Gasteiger partial charge in [-0.1, -0.05) is 18.2 Å². The predicted molar refractivity (Wildman–Crippen MR) is 99.9 cm³/mol. The highest BCUT2D eigenvalue weighted by molar-refractivity contribution is 7.98. The van der Waals surface area contributed by atoms with E-state index < -0.39 is 0 Å². The molecule has 3 N–H and O–H groups in total. The molecule has 2 aromatic rings. The molecule has 0 saturated carbocycles. The van der Waals surface area contributed by atoms with Crippen LogP contribution in [0.1, 0.15) is 11.1 Å². The van der Waals surface area contributed by atoms with Crippen LogP contribution in [-0.4, -0.2) is 26.4 Å². The molecular formula is C18H23N3O2S. The van der Waals surface area contributed by atoms with Crippen LogP contribution >= 0.6 is 11.8 Å². The van der Waals surface area contributed by atoms with E-state index in [4.69, 9.17) is 15.2 Å². The number of guanidine groups is 1. The lowest BCUT2D eigenvalue weighted by Gasteiger charge is -2.09. The molecule has 0 radical (unpaired) electrons. The number of hydrogen-bond acceptors (Lipinski definition) is 4. The largest absolute Gasteiger partial charge is 0.493 e. The van der Waals surface area contributed by atoms with Crippen molar-refractivity contribution in [2.24, 2.45) is 10.7 Å². The van der Waals surface area contributed by atoms with Gasteiger partial charge < -0.3 is 20.5 Å². The second kappa shape index (κ2) is 9.08. The molecule has 0 amide bonds. The summed E-state index contributed by atoms with van der Waals surface area (Å²) in [6.07, 6.45) is 2.06. The molecule has 0 spiro atoms. The van der Waals surface area contributed by atoms with Crippen LogP contribution in [0, 0.1) is 0 Å². The molecule has 0 unspecified atom stereocenters. The second-order valence-electron chi connectivity index (χ2n) is 5.09. The zero-order valence-corrected chi connectivity index (χ0v) is 15.0. The van der Waals surface area contributed by atoms with Gasteiger partial charge in [-0.3, -0.25) is 0 Å². The first-order chi connectivity index (χ1) is 11.7. The lowest BCUT2D eigenvalue weighted by molar-refractivity contribution is 0.354. The number of thioether (sulfide) groups is 1. The summed E-state index contributed by atoms with van der Waals surface area (Å²) in [6.45, 7) is 1.13. The van der Waals surface area contributed by atoms with Crippen molar-refractivity contribution >= 4 is 17.7 Å². The Balaban J connectivity index is 1.91. The van der Waals surface area contributed by atoms with Gasteiger partial charge in [-0.05, 0) is 41.6 Å². The fraction of sp³-hybridized carbons (Fsp3) is 0.278. The normalized spacial score (nSPS) is 11.2. The predicted octanol–water partition coefficient (Wildman–Crippen LogP) is 3.03. The van der Waals surface area contributed by atoms with Crippen LogP contribution < -0.4 is 20.5 Å². The molecule has 0 atom stereocenters. The van der Waals surface area contributed by atoms with Crippen molar-refractivity contribution in [3.63, 3.8) is 0 Å². The van der Waals surface area contributed by atoms with Crippen molar-refractivity contribution in [2.75, 3.05) is 20.5 Å². The Kier molecular flexibility index (Phi) is 6.81. The van der Waals surface area contributed by atoms with Gasteiger partial charge in [0.15, 0.2) is 17.5 Å². The van der Waals surface area contributed by atoms with E-state index in [1.807, 2.05) is 18.2 Å². The summed E-state index contributed by atoms with van der Waals surface area (Å²) >= 11 is 1.73. The minimum atomic E-state index is 0.415. The number of aliphatic imine (C=N–C) groups is 1. The number of hydrogen-bond donors (Lipinski definition) is 2. The zero-order chi connectivity index (χ0) is 17.4. The fourth-order valence-corrected chi connectivity index (χ4v) is 2.56. The molecule has 24 heavy (non-hydrogen) atoms. The number of nitrogens with zero attached hydrogens (tertiary/aromatic N) is 1. The topological polar surface area (TPSA) is 68.9 Å². The zero-order valence-electron chi connectivity index (χ0n) is 14.2. The highest BCUT2D eigenvalue weighted by Crippen LogP contribution is 2.27. The van der Waals surface area contributed by atoms with Crippen LogP contribution in [0.15, 0.2) is 52.4 Å². The third kappa shape index (κ3) is 5.09. The van der Waals surface area contributed by atoms with E-state index in [-0.39, 0.29) is 0 Å². The highest BCUT2D eigenvalue weighted by atomic mass is 32.2. The summed E-state index contributed by atoms with van der Waals surface area (Å²) in [7, 11) is 3.23. The Morgan fingerprint density at radius 1 is 1.04 bits per heavy atom. The SMILES string of the molecule is COc1ccc(CN=C(N)NCc2ccc(SC)cc2)cc1OC. The van der Waals surface area contributed by atoms with E-state index in [9.17, 15) is 0 Å². The molecule has 0 aliphatic rings. The standard InChI is InChI=1S/C18H23N3O2S/c1-22-16-9-6-14(10-17(16)23-2)12-21-18(19)20-11-13-4-7-15(24-3)8-5-13/h4-10H,11-12H2,1-3H3,(H3,19,20,21). The summed E-state index contributed by atoms with van der Waals surface area (Å²) < 4.78 is 10.5. The van der Waals surface area contributed by atoms with Crippen molar-refractivity contribution in [3.05, 3.63) is 53.6 Å². The van der Waals surface area contributed by atoms with E-state index in [0.29, 0.717) is 30.5 Å². The number of ether oxygens (including phenoxy) is 2. The van der Waals surface area contributed by atoms with Gasteiger partial charge in [0.2, 0.25) is 0 Å². The van der Waals surface area contributed by atoms with Gasteiger partial charge in [0.1, 0.15) is 0 Å². The van der Waals surface area contributed by atoms with Crippen LogP contribution in [0.5, 0.6) is 11.5 Å². The van der Waals surface area contributed by atoms with Crippen LogP contribution in [-0.2, 0) is 13.1 Å². The number of nitrogens with two attached hydrogens (primary N) is 1. The number of nitrogens with one attached hydrogen (secondary N) is 1. The minimum Gasteiger partial charge on any atom is -0.493 e. The Morgan fingerprint density at radius 3 is 2.33 bits per heavy atom. The van der Waals surface area contributed by atoms with Gasteiger partial charge in [-0.15, -0.1) is 11.8 Å². The van der Waals surface area contributed by atoms with E-state index >= 15 is 0 Å². The highest BCUT2D eigenvalue weighted by Gasteiger charge is 2.04. The van der Waals surface area contributed by atoms with Gasteiger partial charge in [-0.25, -0.2) is 4.99 Å². The molecule has 0 fully saturated rings. The van der Waals surface area contributed by atoms with Gasteiger partial charge >= 0.3 is 0 Å². The number of methoxy groups -OCH3 is 2. The van der Waals surface area contributed by atoms with E-state index in [2.05, 4.69) is 40.8 Å². The molecule has 5 nitrogen and oxygen atoms in total. The lowest BCUT2D eigenvalue weighted by atomic mass is 10.2. The molecule has 0 aromatic heterocycles. The lowest BCUT2D eigenvalue weighted by Crippen LogP contribution is -2.31. The Labute approximate surface area is 147 Å². The van der Waals surface area contributed by atoms with Crippen molar-refractivity contribution in [2.45, 2.75) is 18.0 Å². The fourth-order valence-electron chi connectivity index (χ4n) is 2.15. The van der Waals surface area contributed by atoms with Gasteiger partial charge in [0.05, 0.1) is 20.8 Å². The third-order valence-corrected chi connectivity index (χ3v) is 4.26. The van der Waals surface area contributed by atoms with E-state index in [1.165, 1.54) is 4.90 Å². The maximum atomic E-state index is 5.93.